The van der Waals surface area contributed by atoms with Crippen LogP contribution >= 0.6 is 0 Å². The monoisotopic (exact) mass is 296 g/mol. The first-order valence-corrected chi connectivity index (χ1v) is 7.56. The van der Waals surface area contributed by atoms with Crippen molar-refractivity contribution in [2.75, 3.05) is 13.2 Å². The number of H-pyrrole nitrogens is 1. The third-order valence-electron chi connectivity index (χ3n) is 3.43. The molecule has 0 fully saturated rings. The van der Waals surface area contributed by atoms with Crippen molar-refractivity contribution in [1.29, 1.82) is 0 Å². The average Bonchev–Trinajstić information content (AvgIpc) is 2.95. The Bertz CT molecular complexity index is 724. The number of aromatic amines is 1. The number of nitrogens with zero attached hydrogens (tertiary/aromatic N) is 2. The van der Waals surface area contributed by atoms with Gasteiger partial charge in [-0.2, -0.15) is 0 Å². The second-order valence-corrected chi connectivity index (χ2v) is 5.08. The Morgan fingerprint density at radius 2 is 2.05 bits per heavy atom. The molecule has 0 unspecified atom stereocenters. The quantitative estimate of drug-likeness (QED) is 0.658. The molecule has 0 saturated heterocycles. The van der Waals surface area contributed by atoms with Crippen LogP contribution in [0.2, 0.25) is 0 Å². The van der Waals surface area contributed by atoms with Crippen LogP contribution in [0.25, 0.3) is 11.0 Å². The minimum absolute atomic E-state index is 0.672. The average molecular weight is 296 g/mol. The Labute approximate surface area is 129 Å². The maximum Gasteiger partial charge on any atom is 0.121 e. The highest BCUT2D eigenvalue weighted by atomic mass is 16.5. The molecule has 5 nitrogen and oxygen atoms in total. The Morgan fingerprint density at radius 1 is 1.18 bits per heavy atom. The third kappa shape index (κ3) is 3.62. The SMILES string of the molecule is CCOc1ccc2nc(CCNCc3ccncc3)[nH]c2c1. The zero-order valence-electron chi connectivity index (χ0n) is 12.7. The van der Waals surface area contributed by atoms with Gasteiger partial charge in [-0.05, 0) is 36.8 Å². The number of rotatable bonds is 7. The molecule has 0 bridgehead atoms. The molecule has 3 rings (SSSR count). The Kier molecular flexibility index (Phi) is 4.65. The maximum absolute atomic E-state index is 5.51. The number of hydrogen-bond acceptors (Lipinski definition) is 4. The van der Waals surface area contributed by atoms with Crippen molar-refractivity contribution in [3.05, 3.63) is 54.1 Å². The molecule has 0 saturated carbocycles. The highest BCUT2D eigenvalue weighted by Crippen LogP contribution is 2.19. The van der Waals surface area contributed by atoms with E-state index in [1.165, 1.54) is 5.56 Å². The van der Waals surface area contributed by atoms with E-state index in [0.717, 1.165) is 42.1 Å². The predicted molar refractivity (Wildman–Crippen MR) is 86.9 cm³/mol. The van der Waals surface area contributed by atoms with E-state index in [4.69, 9.17) is 4.74 Å². The lowest BCUT2D eigenvalue weighted by Crippen LogP contribution is -2.17. The summed E-state index contributed by atoms with van der Waals surface area (Å²) in [6.07, 6.45) is 4.49. The molecule has 0 amide bonds. The molecule has 22 heavy (non-hydrogen) atoms. The van der Waals surface area contributed by atoms with Crippen molar-refractivity contribution in [3.63, 3.8) is 0 Å². The van der Waals surface area contributed by atoms with Gasteiger partial charge in [0.05, 0.1) is 17.6 Å². The van der Waals surface area contributed by atoms with Crippen molar-refractivity contribution in [2.24, 2.45) is 0 Å². The number of hydrogen-bond donors (Lipinski definition) is 2. The molecular weight excluding hydrogens is 276 g/mol. The first-order chi connectivity index (χ1) is 10.8. The summed E-state index contributed by atoms with van der Waals surface area (Å²) < 4.78 is 5.51. The summed E-state index contributed by atoms with van der Waals surface area (Å²) in [6, 6.07) is 9.98. The zero-order chi connectivity index (χ0) is 15.2. The summed E-state index contributed by atoms with van der Waals surface area (Å²) >= 11 is 0. The van der Waals surface area contributed by atoms with Crippen molar-refractivity contribution in [1.82, 2.24) is 20.3 Å². The lowest BCUT2D eigenvalue weighted by molar-refractivity contribution is 0.340. The molecule has 5 heteroatoms. The van der Waals surface area contributed by atoms with Gasteiger partial charge in [-0.25, -0.2) is 4.98 Å². The van der Waals surface area contributed by atoms with Crippen LogP contribution in [-0.4, -0.2) is 28.1 Å². The summed E-state index contributed by atoms with van der Waals surface area (Å²) in [5.41, 5.74) is 3.24. The van der Waals surface area contributed by atoms with Gasteiger partial charge in [0.15, 0.2) is 0 Å². The zero-order valence-corrected chi connectivity index (χ0v) is 12.7. The molecule has 1 aromatic carbocycles. The van der Waals surface area contributed by atoms with Gasteiger partial charge in [-0.3, -0.25) is 4.98 Å². The van der Waals surface area contributed by atoms with Gasteiger partial charge in [0, 0.05) is 38.0 Å². The highest BCUT2D eigenvalue weighted by molar-refractivity contribution is 5.76. The van der Waals surface area contributed by atoms with Gasteiger partial charge in [0.25, 0.3) is 0 Å². The van der Waals surface area contributed by atoms with Crippen molar-refractivity contribution in [2.45, 2.75) is 19.9 Å². The highest BCUT2D eigenvalue weighted by Gasteiger charge is 2.04. The van der Waals surface area contributed by atoms with Gasteiger partial charge in [-0.15, -0.1) is 0 Å². The number of nitrogens with one attached hydrogen (secondary N) is 2. The van der Waals surface area contributed by atoms with E-state index < -0.39 is 0 Å². The molecule has 2 heterocycles. The topological polar surface area (TPSA) is 62.8 Å². The fraction of sp³-hybridized carbons (Fsp3) is 0.294. The van der Waals surface area contributed by atoms with Gasteiger partial charge in [0.2, 0.25) is 0 Å². The minimum atomic E-state index is 0.672. The van der Waals surface area contributed by atoms with Gasteiger partial charge in [0.1, 0.15) is 11.6 Å². The second-order valence-electron chi connectivity index (χ2n) is 5.08. The van der Waals surface area contributed by atoms with Crippen LogP contribution in [0, 0.1) is 0 Å². The molecule has 0 atom stereocenters. The molecule has 2 aromatic heterocycles. The Morgan fingerprint density at radius 3 is 2.86 bits per heavy atom. The van der Waals surface area contributed by atoms with Crippen LogP contribution in [0.3, 0.4) is 0 Å². The fourth-order valence-corrected chi connectivity index (χ4v) is 2.36. The lowest BCUT2D eigenvalue weighted by Gasteiger charge is -2.02. The fourth-order valence-electron chi connectivity index (χ4n) is 2.36. The predicted octanol–water partition coefficient (Wildman–Crippen LogP) is 2.69. The number of aromatic nitrogens is 3. The molecular formula is C17H20N4O. The smallest absolute Gasteiger partial charge is 0.121 e. The lowest BCUT2D eigenvalue weighted by atomic mass is 10.2. The van der Waals surface area contributed by atoms with Crippen LogP contribution in [0.5, 0.6) is 5.75 Å². The second kappa shape index (κ2) is 7.04. The molecule has 0 spiro atoms. The van der Waals surface area contributed by atoms with E-state index in [1.807, 2.05) is 49.6 Å². The largest absolute Gasteiger partial charge is 0.494 e. The van der Waals surface area contributed by atoms with Crippen LogP contribution in [0.1, 0.15) is 18.3 Å². The first kappa shape index (κ1) is 14.5. The Balaban J connectivity index is 1.55. The summed E-state index contributed by atoms with van der Waals surface area (Å²) in [5.74, 6) is 1.87. The molecule has 3 aromatic rings. The first-order valence-electron chi connectivity index (χ1n) is 7.56. The normalized spacial score (nSPS) is 11.0. The standard InChI is InChI=1S/C17H20N4O/c1-2-22-14-3-4-15-16(11-14)21-17(20-15)7-10-19-12-13-5-8-18-9-6-13/h3-6,8-9,11,19H,2,7,10,12H2,1H3,(H,20,21). The molecule has 0 radical (unpaired) electrons. The third-order valence-corrected chi connectivity index (χ3v) is 3.43. The molecule has 2 N–H and O–H groups in total. The number of imidazole rings is 1. The Hall–Kier alpha value is -2.40. The van der Waals surface area contributed by atoms with Crippen molar-refractivity contribution < 1.29 is 4.74 Å². The number of fused-ring (bicyclic) bond motifs is 1. The van der Waals surface area contributed by atoms with E-state index in [9.17, 15) is 0 Å². The summed E-state index contributed by atoms with van der Waals surface area (Å²) in [4.78, 5) is 12.0. The summed E-state index contributed by atoms with van der Waals surface area (Å²) in [7, 11) is 0. The summed E-state index contributed by atoms with van der Waals surface area (Å²) in [5, 5.41) is 3.41. The van der Waals surface area contributed by atoms with E-state index in [1.54, 1.807) is 0 Å². The van der Waals surface area contributed by atoms with Gasteiger partial charge in [-0.1, -0.05) is 0 Å². The van der Waals surface area contributed by atoms with Gasteiger partial charge >= 0.3 is 0 Å². The van der Waals surface area contributed by atoms with Crippen LogP contribution in [-0.2, 0) is 13.0 Å². The molecule has 0 aliphatic rings. The molecule has 0 aliphatic carbocycles. The number of benzene rings is 1. The number of pyridine rings is 1. The van der Waals surface area contributed by atoms with Crippen LogP contribution in [0.15, 0.2) is 42.7 Å². The van der Waals surface area contributed by atoms with E-state index >= 15 is 0 Å². The minimum Gasteiger partial charge on any atom is -0.494 e. The van der Waals surface area contributed by atoms with Crippen LogP contribution < -0.4 is 10.1 Å². The van der Waals surface area contributed by atoms with E-state index in [-0.39, 0.29) is 0 Å². The number of ether oxygens (including phenoxy) is 1. The molecule has 114 valence electrons. The van der Waals surface area contributed by atoms with Gasteiger partial charge < -0.3 is 15.0 Å². The summed E-state index contributed by atoms with van der Waals surface area (Å²) in [6.45, 7) is 4.38. The van der Waals surface area contributed by atoms with Crippen LogP contribution in [0.4, 0.5) is 0 Å². The van der Waals surface area contributed by atoms with E-state index in [0.29, 0.717) is 6.61 Å². The van der Waals surface area contributed by atoms with Crippen molar-refractivity contribution >= 4 is 11.0 Å². The van der Waals surface area contributed by atoms with Crippen molar-refractivity contribution in [3.8, 4) is 5.75 Å². The molecule has 0 aliphatic heterocycles. The maximum atomic E-state index is 5.51. The van der Waals surface area contributed by atoms with E-state index in [2.05, 4.69) is 20.3 Å².